The van der Waals surface area contributed by atoms with Crippen LogP contribution in [0.2, 0.25) is 0 Å². The van der Waals surface area contributed by atoms with E-state index in [2.05, 4.69) is 5.32 Å². The van der Waals surface area contributed by atoms with Crippen LogP contribution in [0.15, 0.2) is 24.3 Å². The molecule has 0 aromatic heterocycles. The number of hydrogen-bond acceptors (Lipinski definition) is 5. The molecular weight excluding hydrogens is 302 g/mol. The number of nitro benzene ring substituents is 1. The largest absolute Gasteiger partial charge is 0.356 e. The van der Waals surface area contributed by atoms with Crippen molar-refractivity contribution in [3.63, 3.8) is 0 Å². The van der Waals surface area contributed by atoms with Crippen LogP contribution < -0.4 is 10.2 Å². The average Bonchev–Trinajstić information content (AvgIpc) is 2.79. The molecule has 2 fully saturated rings. The van der Waals surface area contributed by atoms with Crippen molar-refractivity contribution >= 4 is 38.5 Å². The molecule has 9 heteroatoms. The number of sulfone groups is 1. The highest BCUT2D eigenvalue weighted by Crippen LogP contribution is 2.35. The molecule has 0 radical (unpaired) electrons. The van der Waals surface area contributed by atoms with E-state index in [1.54, 1.807) is 23.1 Å². The first kappa shape index (κ1) is 13.3. The van der Waals surface area contributed by atoms with Gasteiger partial charge in [0.1, 0.15) is 5.69 Å². The zero-order valence-corrected chi connectivity index (χ0v) is 11.9. The maximum atomic E-state index is 11.7. The zero-order chi connectivity index (χ0) is 14.5. The third-order valence-corrected chi connectivity index (χ3v) is 5.55. The first-order valence-electron chi connectivity index (χ1n) is 5.92. The predicted molar refractivity (Wildman–Crippen MR) is 77.5 cm³/mol. The molecule has 0 spiro atoms. The van der Waals surface area contributed by atoms with Gasteiger partial charge in [-0.2, -0.15) is 0 Å². The molecule has 1 N–H and O–H groups in total. The van der Waals surface area contributed by atoms with E-state index in [9.17, 15) is 18.5 Å². The number of fused-ring (bicyclic) bond motifs is 1. The van der Waals surface area contributed by atoms with Gasteiger partial charge in [0.2, 0.25) is 0 Å². The van der Waals surface area contributed by atoms with Crippen LogP contribution in [0.25, 0.3) is 0 Å². The minimum atomic E-state index is -3.14. The van der Waals surface area contributed by atoms with E-state index in [0.29, 0.717) is 10.8 Å². The fraction of sp³-hybridized carbons (Fsp3) is 0.364. The third-order valence-electron chi connectivity index (χ3n) is 3.52. The zero-order valence-electron chi connectivity index (χ0n) is 10.2. The molecule has 0 saturated carbocycles. The second-order valence-corrected chi connectivity index (χ2v) is 7.36. The van der Waals surface area contributed by atoms with Crippen LogP contribution in [-0.2, 0) is 9.84 Å². The molecule has 7 nitrogen and oxygen atoms in total. The van der Waals surface area contributed by atoms with E-state index >= 15 is 0 Å². The van der Waals surface area contributed by atoms with E-state index in [1.165, 1.54) is 6.07 Å². The molecule has 106 valence electrons. The Morgan fingerprint density at radius 2 is 2.05 bits per heavy atom. The number of nitrogens with zero attached hydrogens (tertiary/aromatic N) is 2. The van der Waals surface area contributed by atoms with E-state index in [1.807, 2.05) is 0 Å². The second-order valence-electron chi connectivity index (χ2n) is 4.82. The first-order valence-corrected chi connectivity index (χ1v) is 8.15. The minimum absolute atomic E-state index is 0.00887. The standard InChI is InChI=1S/C11H11N3O4S2/c15-14(16)9-4-2-1-3-8(9)13-10-6-20(17,18)5-7(10)12-11(13)19/h1-4,7,10H,5-6H2,(H,12,19)/t7-,10+/m1/s1. The summed E-state index contributed by atoms with van der Waals surface area (Å²) in [6.45, 7) is 0. The van der Waals surface area contributed by atoms with Crippen LogP contribution >= 0.6 is 12.2 Å². The first-order chi connectivity index (χ1) is 9.39. The van der Waals surface area contributed by atoms with Gasteiger partial charge < -0.3 is 10.2 Å². The molecule has 0 bridgehead atoms. The molecule has 2 saturated heterocycles. The summed E-state index contributed by atoms with van der Waals surface area (Å²) in [7, 11) is -3.14. The van der Waals surface area contributed by atoms with Gasteiger partial charge in [0.15, 0.2) is 14.9 Å². The Morgan fingerprint density at radius 3 is 2.75 bits per heavy atom. The Kier molecular flexibility index (Phi) is 2.91. The number of thiocarbonyl (C=S) groups is 1. The average molecular weight is 313 g/mol. The summed E-state index contributed by atoms with van der Waals surface area (Å²) >= 11 is 5.20. The summed E-state index contributed by atoms with van der Waals surface area (Å²) in [4.78, 5) is 12.2. The van der Waals surface area contributed by atoms with Gasteiger partial charge in [-0.05, 0) is 18.3 Å². The van der Waals surface area contributed by atoms with E-state index in [-0.39, 0.29) is 29.3 Å². The summed E-state index contributed by atoms with van der Waals surface area (Å²) in [5.41, 5.74) is 0.251. The predicted octanol–water partition coefficient (Wildman–Crippen LogP) is 0.455. The van der Waals surface area contributed by atoms with Crippen LogP contribution in [0.5, 0.6) is 0 Å². The SMILES string of the molecule is O=[N+]([O-])c1ccccc1N1C(=S)N[C@@H]2CS(=O)(=O)C[C@@H]21. The molecule has 20 heavy (non-hydrogen) atoms. The Balaban J connectivity index is 2.06. The Labute approximate surface area is 120 Å². The number of nitrogens with one attached hydrogen (secondary N) is 1. The van der Waals surface area contributed by atoms with Crippen LogP contribution in [0.1, 0.15) is 0 Å². The van der Waals surface area contributed by atoms with Crippen LogP contribution in [0, 0.1) is 10.1 Å². The quantitative estimate of drug-likeness (QED) is 0.481. The number of benzene rings is 1. The van der Waals surface area contributed by atoms with Crippen molar-refractivity contribution in [1.82, 2.24) is 5.32 Å². The molecule has 2 atom stereocenters. The normalized spacial score (nSPS) is 27.2. The molecule has 0 unspecified atom stereocenters. The highest BCUT2D eigenvalue weighted by atomic mass is 32.2. The topological polar surface area (TPSA) is 92.6 Å². The number of hydrogen-bond donors (Lipinski definition) is 1. The van der Waals surface area contributed by atoms with Crippen molar-refractivity contribution in [3.05, 3.63) is 34.4 Å². The maximum Gasteiger partial charge on any atom is 0.292 e. The summed E-state index contributed by atoms with van der Waals surface area (Å²) in [5, 5.41) is 14.4. The fourth-order valence-corrected chi connectivity index (χ4v) is 4.99. The smallest absolute Gasteiger partial charge is 0.292 e. The number of para-hydroxylation sites is 2. The van der Waals surface area contributed by atoms with Crippen molar-refractivity contribution in [2.45, 2.75) is 12.1 Å². The molecular formula is C11H11N3O4S2. The van der Waals surface area contributed by atoms with Crippen molar-refractivity contribution in [2.24, 2.45) is 0 Å². The van der Waals surface area contributed by atoms with Crippen molar-refractivity contribution < 1.29 is 13.3 Å². The summed E-state index contributed by atoms with van der Waals surface area (Å²) in [6, 6.07) is 5.52. The van der Waals surface area contributed by atoms with Gasteiger partial charge in [-0.25, -0.2) is 8.42 Å². The maximum absolute atomic E-state index is 11.7. The molecule has 1 aromatic carbocycles. The van der Waals surface area contributed by atoms with Gasteiger partial charge in [0.05, 0.1) is 28.5 Å². The van der Waals surface area contributed by atoms with Crippen LogP contribution in [0.3, 0.4) is 0 Å². The highest BCUT2D eigenvalue weighted by molar-refractivity contribution is 7.91. The fourth-order valence-electron chi connectivity index (χ4n) is 2.71. The monoisotopic (exact) mass is 313 g/mol. The molecule has 3 rings (SSSR count). The Morgan fingerprint density at radius 1 is 1.35 bits per heavy atom. The lowest BCUT2D eigenvalue weighted by atomic mass is 10.1. The summed E-state index contributed by atoms with van der Waals surface area (Å²) < 4.78 is 23.4. The third kappa shape index (κ3) is 2.02. The molecule has 0 aliphatic carbocycles. The van der Waals surface area contributed by atoms with Gasteiger partial charge in [0, 0.05) is 6.07 Å². The van der Waals surface area contributed by atoms with Crippen molar-refractivity contribution in [1.29, 1.82) is 0 Å². The number of rotatable bonds is 2. The van der Waals surface area contributed by atoms with Gasteiger partial charge in [-0.3, -0.25) is 10.1 Å². The minimum Gasteiger partial charge on any atom is -0.356 e. The van der Waals surface area contributed by atoms with E-state index in [0.717, 1.165) is 0 Å². The Bertz CT molecular complexity index is 703. The lowest BCUT2D eigenvalue weighted by molar-refractivity contribution is -0.384. The Hall–Kier alpha value is -1.74. The molecule has 2 heterocycles. The molecule has 1 aromatic rings. The summed E-state index contributed by atoms with van der Waals surface area (Å²) in [6.07, 6.45) is 0. The summed E-state index contributed by atoms with van der Waals surface area (Å²) in [5.74, 6) is -0.0359. The number of nitro groups is 1. The van der Waals surface area contributed by atoms with E-state index in [4.69, 9.17) is 12.2 Å². The second kappa shape index (κ2) is 4.38. The lowest BCUT2D eigenvalue weighted by Gasteiger charge is -2.22. The number of anilines is 1. The van der Waals surface area contributed by atoms with Crippen LogP contribution in [-0.4, -0.2) is 42.0 Å². The molecule has 0 amide bonds. The molecule has 2 aliphatic rings. The van der Waals surface area contributed by atoms with E-state index < -0.39 is 14.8 Å². The lowest BCUT2D eigenvalue weighted by Crippen LogP contribution is -2.37. The highest BCUT2D eigenvalue weighted by Gasteiger charge is 2.48. The van der Waals surface area contributed by atoms with Crippen LogP contribution in [0.4, 0.5) is 11.4 Å². The van der Waals surface area contributed by atoms with Gasteiger partial charge in [-0.15, -0.1) is 0 Å². The van der Waals surface area contributed by atoms with Crippen molar-refractivity contribution in [3.8, 4) is 0 Å². The van der Waals surface area contributed by atoms with Crippen molar-refractivity contribution in [2.75, 3.05) is 16.4 Å². The van der Waals surface area contributed by atoms with Gasteiger partial charge in [0.25, 0.3) is 5.69 Å². The van der Waals surface area contributed by atoms with Gasteiger partial charge in [-0.1, -0.05) is 12.1 Å². The van der Waals surface area contributed by atoms with Gasteiger partial charge >= 0.3 is 0 Å². The molecule has 2 aliphatic heterocycles.